The van der Waals surface area contributed by atoms with Crippen LogP contribution in [0.5, 0.6) is 0 Å². The minimum Gasteiger partial charge on any atom is -0.398 e. The molecule has 4 nitrogen and oxygen atoms in total. The van der Waals surface area contributed by atoms with E-state index >= 15 is 0 Å². The Morgan fingerprint density at radius 3 is 2.79 bits per heavy atom. The first-order valence-electron chi connectivity index (χ1n) is 4.66. The van der Waals surface area contributed by atoms with Gasteiger partial charge in [-0.25, -0.2) is 0 Å². The molecule has 0 saturated carbocycles. The van der Waals surface area contributed by atoms with E-state index in [1.165, 1.54) is 0 Å². The van der Waals surface area contributed by atoms with Crippen LogP contribution in [-0.2, 0) is 11.2 Å². The molecule has 0 bridgehead atoms. The van der Waals surface area contributed by atoms with Crippen LogP contribution in [0.1, 0.15) is 5.56 Å². The second-order valence-electron chi connectivity index (χ2n) is 3.54. The zero-order valence-electron chi connectivity index (χ0n) is 8.21. The van der Waals surface area contributed by atoms with Crippen molar-refractivity contribution in [3.05, 3.63) is 17.7 Å². The van der Waals surface area contributed by atoms with E-state index in [1.807, 2.05) is 12.1 Å². The molecule has 1 aromatic rings. The molecule has 76 valence electrons. The average Bonchev–Trinajstić information content (AvgIpc) is 2.23. The maximum Gasteiger partial charge on any atom is 0.0785 e. The van der Waals surface area contributed by atoms with E-state index in [0.29, 0.717) is 0 Å². The predicted molar refractivity (Wildman–Crippen MR) is 58.3 cm³/mol. The molecular weight excluding hydrogens is 178 g/mol. The van der Waals surface area contributed by atoms with Crippen molar-refractivity contribution in [2.24, 2.45) is 0 Å². The van der Waals surface area contributed by atoms with Crippen LogP contribution < -0.4 is 16.8 Å². The molecule has 14 heavy (non-hydrogen) atoms. The lowest BCUT2D eigenvalue weighted by molar-refractivity contribution is 0.111. The molecule has 0 fully saturated rings. The fourth-order valence-corrected chi connectivity index (χ4v) is 1.79. The number of rotatable bonds is 1. The van der Waals surface area contributed by atoms with Crippen LogP contribution in [0.4, 0.5) is 17.1 Å². The summed E-state index contributed by atoms with van der Waals surface area (Å²) < 4.78 is 5.28. The first kappa shape index (κ1) is 9.15. The summed E-state index contributed by atoms with van der Waals surface area (Å²) in [7, 11) is 1.71. The Labute approximate surface area is 83.2 Å². The van der Waals surface area contributed by atoms with Crippen molar-refractivity contribution in [2.75, 3.05) is 30.4 Å². The maximum atomic E-state index is 5.88. The summed E-state index contributed by atoms with van der Waals surface area (Å²) in [4.78, 5) is 0. The summed E-state index contributed by atoms with van der Waals surface area (Å²) in [5, 5.41) is 3.24. The Kier molecular flexibility index (Phi) is 2.21. The minimum atomic E-state index is 0.187. The van der Waals surface area contributed by atoms with Gasteiger partial charge in [0.2, 0.25) is 0 Å². The van der Waals surface area contributed by atoms with Crippen LogP contribution in [0.15, 0.2) is 12.1 Å². The first-order chi connectivity index (χ1) is 6.72. The van der Waals surface area contributed by atoms with Crippen molar-refractivity contribution >= 4 is 17.1 Å². The van der Waals surface area contributed by atoms with Gasteiger partial charge in [0.05, 0.1) is 17.5 Å². The van der Waals surface area contributed by atoms with E-state index < -0.39 is 0 Å². The third-order valence-corrected chi connectivity index (χ3v) is 2.65. The number of hydrogen-bond donors (Lipinski definition) is 3. The van der Waals surface area contributed by atoms with Crippen LogP contribution >= 0.6 is 0 Å². The Bertz CT molecular complexity index is 351. The number of benzene rings is 1. The van der Waals surface area contributed by atoms with Gasteiger partial charge in [-0.3, -0.25) is 0 Å². The van der Waals surface area contributed by atoms with Gasteiger partial charge in [-0.15, -0.1) is 0 Å². The molecule has 0 radical (unpaired) electrons. The van der Waals surface area contributed by atoms with E-state index in [2.05, 4.69) is 5.32 Å². The molecule has 2 rings (SSSR count). The van der Waals surface area contributed by atoms with E-state index in [1.54, 1.807) is 7.11 Å². The van der Waals surface area contributed by atoms with E-state index in [4.69, 9.17) is 16.2 Å². The molecule has 1 heterocycles. The van der Waals surface area contributed by atoms with Gasteiger partial charge in [0, 0.05) is 31.3 Å². The summed E-state index contributed by atoms with van der Waals surface area (Å²) in [6.45, 7) is 0.789. The standard InChI is InChI=1S/C10H15N3O/c1-14-6-4-7-8(11)2-3-9(12)10(7)13-5-6/h2-3,6,13H,4-5,11-12H2,1H3. The number of anilines is 3. The molecule has 1 unspecified atom stereocenters. The third kappa shape index (κ3) is 1.37. The summed E-state index contributed by atoms with van der Waals surface area (Å²) in [6, 6.07) is 3.67. The van der Waals surface area contributed by atoms with Gasteiger partial charge < -0.3 is 21.5 Å². The Hall–Kier alpha value is -1.42. The van der Waals surface area contributed by atoms with Crippen molar-refractivity contribution in [1.82, 2.24) is 0 Å². The molecule has 0 aromatic heterocycles. The number of nitrogens with two attached hydrogens (primary N) is 2. The fourth-order valence-electron chi connectivity index (χ4n) is 1.79. The van der Waals surface area contributed by atoms with Crippen LogP contribution in [0.2, 0.25) is 0 Å². The largest absolute Gasteiger partial charge is 0.398 e. The second-order valence-corrected chi connectivity index (χ2v) is 3.54. The van der Waals surface area contributed by atoms with Crippen LogP contribution in [0.25, 0.3) is 0 Å². The summed E-state index contributed by atoms with van der Waals surface area (Å²) in [5.74, 6) is 0. The highest BCUT2D eigenvalue weighted by Gasteiger charge is 2.21. The van der Waals surface area contributed by atoms with Crippen molar-refractivity contribution < 1.29 is 4.74 Å². The Morgan fingerprint density at radius 2 is 2.07 bits per heavy atom. The van der Waals surface area contributed by atoms with Gasteiger partial charge in [0.25, 0.3) is 0 Å². The monoisotopic (exact) mass is 193 g/mol. The summed E-state index contributed by atoms with van der Waals surface area (Å²) in [6.07, 6.45) is 1.02. The normalized spacial score (nSPS) is 19.9. The topological polar surface area (TPSA) is 73.3 Å². The molecule has 1 atom stereocenters. The van der Waals surface area contributed by atoms with Gasteiger partial charge >= 0.3 is 0 Å². The number of methoxy groups -OCH3 is 1. The van der Waals surface area contributed by atoms with Gasteiger partial charge in [0.15, 0.2) is 0 Å². The minimum absolute atomic E-state index is 0.187. The highest BCUT2D eigenvalue weighted by molar-refractivity contribution is 5.77. The average molecular weight is 193 g/mol. The summed E-state index contributed by atoms with van der Waals surface area (Å²) in [5.41, 5.74) is 15.3. The van der Waals surface area contributed by atoms with Crippen LogP contribution in [0.3, 0.4) is 0 Å². The van der Waals surface area contributed by atoms with Crippen molar-refractivity contribution in [1.29, 1.82) is 0 Å². The maximum absolute atomic E-state index is 5.88. The number of hydrogen-bond acceptors (Lipinski definition) is 4. The van der Waals surface area contributed by atoms with Crippen LogP contribution in [-0.4, -0.2) is 19.8 Å². The van der Waals surface area contributed by atoms with Gasteiger partial charge in [-0.1, -0.05) is 0 Å². The Morgan fingerprint density at radius 1 is 1.36 bits per heavy atom. The number of fused-ring (bicyclic) bond motifs is 1. The molecule has 4 heteroatoms. The zero-order chi connectivity index (χ0) is 10.1. The lowest BCUT2D eigenvalue weighted by Gasteiger charge is -2.27. The smallest absolute Gasteiger partial charge is 0.0785 e. The van der Waals surface area contributed by atoms with E-state index in [-0.39, 0.29) is 6.10 Å². The molecule has 0 amide bonds. The van der Waals surface area contributed by atoms with Crippen molar-refractivity contribution in [3.8, 4) is 0 Å². The van der Waals surface area contributed by atoms with Crippen LogP contribution in [0, 0.1) is 0 Å². The van der Waals surface area contributed by atoms with Gasteiger partial charge in [-0.05, 0) is 12.1 Å². The van der Waals surface area contributed by atoms with Gasteiger partial charge in [0.1, 0.15) is 0 Å². The van der Waals surface area contributed by atoms with Gasteiger partial charge in [-0.2, -0.15) is 0 Å². The quantitative estimate of drug-likeness (QED) is 0.578. The lowest BCUT2D eigenvalue weighted by Crippen LogP contribution is -2.30. The SMILES string of the molecule is COC1CNc2c(N)ccc(N)c2C1. The molecule has 0 saturated heterocycles. The number of nitrogens with one attached hydrogen (secondary N) is 1. The fraction of sp³-hybridized carbons (Fsp3) is 0.400. The highest BCUT2D eigenvalue weighted by Crippen LogP contribution is 2.32. The molecule has 0 aliphatic carbocycles. The first-order valence-corrected chi connectivity index (χ1v) is 4.66. The third-order valence-electron chi connectivity index (χ3n) is 2.65. The molecular formula is C10H15N3O. The molecule has 5 N–H and O–H groups in total. The number of nitrogen functional groups attached to an aromatic ring is 2. The highest BCUT2D eigenvalue weighted by atomic mass is 16.5. The predicted octanol–water partition coefficient (Wildman–Crippen LogP) is 0.834. The van der Waals surface area contributed by atoms with Crippen molar-refractivity contribution in [3.63, 3.8) is 0 Å². The number of ether oxygens (including phenoxy) is 1. The molecule has 1 aliphatic heterocycles. The van der Waals surface area contributed by atoms with E-state index in [0.717, 1.165) is 35.6 Å². The molecule has 1 aliphatic rings. The van der Waals surface area contributed by atoms with E-state index in [9.17, 15) is 0 Å². The Balaban J connectivity index is 2.40. The molecule has 0 spiro atoms. The van der Waals surface area contributed by atoms with Crippen molar-refractivity contribution in [2.45, 2.75) is 12.5 Å². The molecule has 1 aromatic carbocycles. The zero-order valence-corrected chi connectivity index (χ0v) is 8.21. The summed E-state index contributed by atoms with van der Waals surface area (Å²) >= 11 is 0. The lowest BCUT2D eigenvalue weighted by atomic mass is 9.98. The second kappa shape index (κ2) is 3.38.